The van der Waals surface area contributed by atoms with Crippen molar-refractivity contribution in [1.29, 1.82) is 0 Å². The maximum atomic E-state index is 13.9. The summed E-state index contributed by atoms with van der Waals surface area (Å²) in [6.07, 6.45) is -8.74. The van der Waals surface area contributed by atoms with E-state index in [9.17, 15) is 35.9 Å². The highest BCUT2D eigenvalue weighted by molar-refractivity contribution is 6.13. The summed E-state index contributed by atoms with van der Waals surface area (Å²) in [7, 11) is 0. The van der Waals surface area contributed by atoms with Crippen LogP contribution in [0.3, 0.4) is 0 Å². The van der Waals surface area contributed by atoms with Crippen molar-refractivity contribution in [2.24, 2.45) is 0 Å². The SMILES string of the molecule is CCC(CC)c1ccc(-c2ccc(N(C(C)=O)C(C)=O)cc2C(F)(F)F)c(C(F)(F)F)c1. The lowest BCUT2D eigenvalue weighted by Gasteiger charge is -2.23. The van der Waals surface area contributed by atoms with Crippen molar-refractivity contribution < 1.29 is 35.9 Å². The second kappa shape index (κ2) is 9.34. The number of carbonyl (C=O) groups excluding carboxylic acids is 2. The zero-order valence-electron chi connectivity index (χ0n) is 18.0. The molecule has 0 N–H and O–H groups in total. The van der Waals surface area contributed by atoms with Crippen LogP contribution in [0.2, 0.25) is 0 Å². The maximum Gasteiger partial charge on any atom is 0.417 e. The lowest BCUT2D eigenvalue weighted by molar-refractivity contribution is -0.139. The van der Waals surface area contributed by atoms with Gasteiger partial charge in [0.05, 0.1) is 16.8 Å². The highest BCUT2D eigenvalue weighted by Crippen LogP contribution is 2.45. The van der Waals surface area contributed by atoms with Gasteiger partial charge in [-0.3, -0.25) is 14.5 Å². The first-order chi connectivity index (χ1) is 14.7. The number of imide groups is 1. The number of carbonyl (C=O) groups is 2. The molecule has 0 fully saturated rings. The second-order valence-electron chi connectivity index (χ2n) is 7.42. The molecule has 2 aromatic carbocycles. The van der Waals surface area contributed by atoms with Gasteiger partial charge in [0.25, 0.3) is 0 Å². The van der Waals surface area contributed by atoms with Crippen LogP contribution >= 0.6 is 0 Å². The number of anilines is 1. The molecule has 3 nitrogen and oxygen atoms in total. The third kappa shape index (κ3) is 5.31. The fourth-order valence-corrected chi connectivity index (χ4v) is 3.77. The standard InChI is InChI=1S/C23H23F6NO2/c1-5-15(6-2)16-7-9-18(20(11-16)22(24,25)26)19-10-8-17(12-21(19)23(27,28)29)30(13(3)31)14(4)32/h7-12,15H,5-6H2,1-4H3. The molecule has 0 atom stereocenters. The average Bonchev–Trinajstić information content (AvgIpc) is 2.67. The normalized spacial score (nSPS) is 12.2. The first kappa shape index (κ1) is 25.4. The fourth-order valence-electron chi connectivity index (χ4n) is 3.77. The molecular weight excluding hydrogens is 436 g/mol. The van der Waals surface area contributed by atoms with Crippen LogP contribution in [0.5, 0.6) is 0 Å². The van der Waals surface area contributed by atoms with Crippen LogP contribution in [0.15, 0.2) is 36.4 Å². The first-order valence-electron chi connectivity index (χ1n) is 9.96. The number of hydrogen-bond donors (Lipinski definition) is 0. The number of alkyl halides is 6. The number of rotatable bonds is 5. The zero-order chi connectivity index (χ0) is 24.4. The molecule has 9 heteroatoms. The van der Waals surface area contributed by atoms with Crippen LogP contribution < -0.4 is 4.90 Å². The predicted octanol–water partition coefficient (Wildman–Crippen LogP) is 7.19. The molecule has 2 aromatic rings. The summed E-state index contributed by atoms with van der Waals surface area (Å²) in [5, 5.41) is 0. The summed E-state index contributed by atoms with van der Waals surface area (Å²) in [5.41, 5.74) is -3.82. The van der Waals surface area contributed by atoms with E-state index in [0.29, 0.717) is 29.4 Å². The Balaban J connectivity index is 2.81. The van der Waals surface area contributed by atoms with Crippen LogP contribution in [0.25, 0.3) is 11.1 Å². The van der Waals surface area contributed by atoms with Gasteiger partial charge in [0.2, 0.25) is 11.8 Å². The molecule has 0 aliphatic carbocycles. The van der Waals surface area contributed by atoms with Crippen molar-refractivity contribution in [2.75, 3.05) is 4.90 Å². The third-order valence-electron chi connectivity index (χ3n) is 5.29. The largest absolute Gasteiger partial charge is 0.417 e. The number of amides is 2. The minimum absolute atomic E-state index is 0.158. The van der Waals surface area contributed by atoms with Crippen molar-refractivity contribution in [3.05, 3.63) is 53.1 Å². The maximum absolute atomic E-state index is 13.9. The number of nitrogens with zero attached hydrogens (tertiary/aromatic N) is 1. The Bertz CT molecular complexity index is 993. The molecular formula is C23H23F6NO2. The average molecular weight is 459 g/mol. The Hall–Kier alpha value is -2.84. The van der Waals surface area contributed by atoms with E-state index in [4.69, 9.17) is 0 Å². The lowest BCUT2D eigenvalue weighted by atomic mass is 9.88. The van der Waals surface area contributed by atoms with Gasteiger partial charge in [0.15, 0.2) is 0 Å². The molecule has 2 amide bonds. The van der Waals surface area contributed by atoms with Crippen LogP contribution in [0.4, 0.5) is 32.0 Å². The molecule has 174 valence electrons. The minimum Gasteiger partial charge on any atom is -0.274 e. The van der Waals surface area contributed by atoms with E-state index >= 15 is 0 Å². The highest BCUT2D eigenvalue weighted by atomic mass is 19.4. The minimum atomic E-state index is -5.03. The summed E-state index contributed by atoms with van der Waals surface area (Å²) in [4.78, 5) is 24.0. The molecule has 0 bridgehead atoms. The molecule has 0 saturated carbocycles. The van der Waals surface area contributed by atoms with Gasteiger partial charge < -0.3 is 0 Å². The number of benzene rings is 2. The molecule has 0 saturated heterocycles. The topological polar surface area (TPSA) is 37.4 Å². The predicted molar refractivity (Wildman–Crippen MR) is 109 cm³/mol. The van der Waals surface area contributed by atoms with Crippen molar-refractivity contribution in [1.82, 2.24) is 0 Å². The van der Waals surface area contributed by atoms with Gasteiger partial charge in [-0.15, -0.1) is 0 Å². The van der Waals surface area contributed by atoms with Gasteiger partial charge in [0.1, 0.15) is 0 Å². The molecule has 0 aliphatic heterocycles. The van der Waals surface area contributed by atoms with Crippen LogP contribution in [0.1, 0.15) is 63.1 Å². The molecule has 32 heavy (non-hydrogen) atoms. The van der Waals surface area contributed by atoms with Gasteiger partial charge in [-0.2, -0.15) is 26.3 Å². The Morgan fingerprint density at radius 1 is 0.781 bits per heavy atom. The van der Waals surface area contributed by atoms with Gasteiger partial charge in [-0.25, -0.2) is 0 Å². The molecule has 0 aliphatic rings. The molecule has 0 unspecified atom stereocenters. The van der Waals surface area contributed by atoms with Gasteiger partial charge >= 0.3 is 12.4 Å². The van der Waals surface area contributed by atoms with E-state index in [1.807, 2.05) is 13.8 Å². The molecule has 0 spiro atoms. The Morgan fingerprint density at radius 2 is 1.22 bits per heavy atom. The van der Waals surface area contributed by atoms with E-state index in [1.54, 1.807) is 0 Å². The highest BCUT2D eigenvalue weighted by Gasteiger charge is 2.39. The van der Waals surface area contributed by atoms with E-state index in [1.165, 1.54) is 6.07 Å². The van der Waals surface area contributed by atoms with Gasteiger partial charge in [0, 0.05) is 13.8 Å². The van der Waals surface area contributed by atoms with Crippen molar-refractivity contribution in [3.8, 4) is 11.1 Å². The molecule has 2 rings (SSSR count). The van der Waals surface area contributed by atoms with E-state index in [2.05, 4.69) is 0 Å². The zero-order valence-corrected chi connectivity index (χ0v) is 18.0. The third-order valence-corrected chi connectivity index (χ3v) is 5.29. The van der Waals surface area contributed by atoms with Gasteiger partial charge in [-0.05, 0) is 53.6 Å². The number of halogens is 6. The fraction of sp³-hybridized carbons (Fsp3) is 0.391. The Kier molecular flexibility index (Phi) is 7.42. The summed E-state index contributed by atoms with van der Waals surface area (Å²) in [5.74, 6) is -1.79. The van der Waals surface area contributed by atoms with Crippen LogP contribution in [-0.2, 0) is 21.9 Å². The lowest BCUT2D eigenvalue weighted by Crippen LogP contribution is -2.33. The summed E-state index contributed by atoms with van der Waals surface area (Å²) >= 11 is 0. The first-order valence-corrected chi connectivity index (χ1v) is 9.96. The van der Waals surface area contributed by atoms with Crippen molar-refractivity contribution in [3.63, 3.8) is 0 Å². The van der Waals surface area contributed by atoms with E-state index < -0.39 is 46.4 Å². The Morgan fingerprint density at radius 3 is 1.62 bits per heavy atom. The van der Waals surface area contributed by atoms with E-state index in [0.717, 1.165) is 38.1 Å². The summed E-state index contributed by atoms with van der Waals surface area (Å²) in [6, 6.07) is 5.77. The van der Waals surface area contributed by atoms with Crippen LogP contribution in [-0.4, -0.2) is 11.8 Å². The van der Waals surface area contributed by atoms with Crippen LogP contribution in [0, 0.1) is 0 Å². The molecule has 0 aromatic heterocycles. The number of hydrogen-bond acceptors (Lipinski definition) is 2. The van der Waals surface area contributed by atoms with Crippen molar-refractivity contribution in [2.45, 2.75) is 58.8 Å². The summed E-state index contributed by atoms with van der Waals surface area (Å²) < 4.78 is 83.1. The summed E-state index contributed by atoms with van der Waals surface area (Å²) in [6.45, 7) is 5.65. The Labute approximate surface area is 182 Å². The quantitative estimate of drug-likeness (QED) is 0.444. The smallest absolute Gasteiger partial charge is 0.274 e. The van der Waals surface area contributed by atoms with Gasteiger partial charge in [-0.1, -0.05) is 32.0 Å². The molecule has 0 radical (unpaired) electrons. The molecule has 0 heterocycles. The van der Waals surface area contributed by atoms with Crippen molar-refractivity contribution >= 4 is 17.5 Å². The second-order valence-corrected chi connectivity index (χ2v) is 7.42. The monoisotopic (exact) mass is 459 g/mol. The van der Waals surface area contributed by atoms with E-state index in [-0.39, 0.29) is 11.6 Å².